The second-order valence-corrected chi connectivity index (χ2v) is 7.50. The minimum absolute atomic E-state index is 0.135. The van der Waals surface area contributed by atoms with Crippen molar-refractivity contribution in [2.75, 3.05) is 0 Å². The Morgan fingerprint density at radius 2 is 1.90 bits per heavy atom. The van der Waals surface area contributed by atoms with Crippen LogP contribution in [0.3, 0.4) is 0 Å². The Morgan fingerprint density at radius 1 is 1.25 bits per heavy atom. The summed E-state index contributed by atoms with van der Waals surface area (Å²) >= 11 is 0. The Morgan fingerprint density at radius 3 is 2.45 bits per heavy atom. The lowest BCUT2D eigenvalue weighted by atomic mass is 10.0. The molecule has 1 aromatic rings. The minimum Gasteiger partial charge on any atom is -0.392 e. The molecule has 2 rings (SSSR count). The molecule has 0 saturated heterocycles. The van der Waals surface area contributed by atoms with Crippen molar-refractivity contribution in [2.24, 2.45) is 0 Å². The van der Waals surface area contributed by atoms with E-state index in [1.165, 1.54) is 0 Å². The molecule has 0 radical (unpaired) electrons. The van der Waals surface area contributed by atoms with E-state index in [1.54, 1.807) is 18.2 Å². The highest BCUT2D eigenvalue weighted by Gasteiger charge is 2.33. The van der Waals surface area contributed by atoms with Gasteiger partial charge in [-0.2, -0.15) is 0 Å². The molecule has 0 unspecified atom stereocenters. The first kappa shape index (κ1) is 15.5. The lowest BCUT2D eigenvalue weighted by Gasteiger charge is -2.25. The van der Waals surface area contributed by atoms with Crippen molar-refractivity contribution in [3.05, 3.63) is 29.3 Å². The summed E-state index contributed by atoms with van der Waals surface area (Å²) in [7, 11) is -3.52. The first-order valence-corrected chi connectivity index (χ1v) is 8.65. The van der Waals surface area contributed by atoms with E-state index >= 15 is 0 Å². The molecule has 1 fully saturated rings. The molecule has 0 amide bonds. The van der Waals surface area contributed by atoms with E-state index in [0.717, 1.165) is 37.7 Å². The molecule has 0 atom stereocenters. The maximum atomic E-state index is 12.5. The van der Waals surface area contributed by atoms with Crippen molar-refractivity contribution in [1.82, 2.24) is 4.72 Å². The molecule has 5 heteroatoms. The van der Waals surface area contributed by atoms with Crippen LogP contribution in [0.1, 0.15) is 50.7 Å². The number of nitrogens with one attached hydrogen (secondary N) is 1. The minimum atomic E-state index is -3.52. The lowest BCUT2D eigenvalue weighted by molar-refractivity contribution is 0.280. The third-order valence-corrected chi connectivity index (χ3v) is 5.76. The Hall–Kier alpha value is -0.910. The van der Waals surface area contributed by atoms with Gasteiger partial charge in [0, 0.05) is 5.54 Å². The maximum Gasteiger partial charge on any atom is 0.241 e. The first-order chi connectivity index (χ1) is 9.40. The van der Waals surface area contributed by atoms with Crippen LogP contribution in [0.5, 0.6) is 0 Å². The monoisotopic (exact) mass is 297 g/mol. The molecule has 0 aliphatic heterocycles. The molecule has 20 heavy (non-hydrogen) atoms. The van der Waals surface area contributed by atoms with Crippen molar-refractivity contribution in [1.29, 1.82) is 0 Å². The van der Waals surface area contributed by atoms with Crippen molar-refractivity contribution in [3.63, 3.8) is 0 Å². The fourth-order valence-electron chi connectivity index (χ4n) is 2.90. The van der Waals surface area contributed by atoms with Gasteiger partial charge in [-0.3, -0.25) is 0 Å². The van der Waals surface area contributed by atoms with Gasteiger partial charge in [-0.15, -0.1) is 0 Å². The highest BCUT2D eigenvalue weighted by molar-refractivity contribution is 7.89. The Balaban J connectivity index is 2.29. The number of hydrogen-bond acceptors (Lipinski definition) is 3. The maximum absolute atomic E-state index is 12.5. The van der Waals surface area contributed by atoms with Crippen LogP contribution in [0.15, 0.2) is 23.1 Å². The number of aryl methyl sites for hydroxylation is 1. The van der Waals surface area contributed by atoms with Gasteiger partial charge in [0.05, 0.1) is 11.5 Å². The van der Waals surface area contributed by atoms with Gasteiger partial charge < -0.3 is 5.11 Å². The summed E-state index contributed by atoms with van der Waals surface area (Å²) in [4.78, 5) is 0.242. The van der Waals surface area contributed by atoms with Crippen LogP contribution in [0, 0.1) is 0 Å². The lowest BCUT2D eigenvalue weighted by Crippen LogP contribution is -2.43. The first-order valence-electron chi connectivity index (χ1n) is 7.17. The summed E-state index contributed by atoms with van der Waals surface area (Å²) < 4.78 is 27.8. The molecule has 0 heterocycles. The fourth-order valence-corrected chi connectivity index (χ4v) is 4.42. The molecule has 1 aliphatic rings. The number of rotatable bonds is 5. The highest BCUT2D eigenvalue weighted by Crippen LogP contribution is 2.30. The standard InChI is InChI=1S/C15H23NO3S/c1-3-12-6-7-14(10-13(12)11-17)20(18,19)16-15(2)8-4-5-9-15/h6-7,10,16-17H,3-5,8-9,11H2,1-2H3. The smallest absolute Gasteiger partial charge is 0.241 e. The van der Waals surface area contributed by atoms with Gasteiger partial charge in [0.25, 0.3) is 0 Å². The van der Waals surface area contributed by atoms with Crippen LogP contribution in [-0.2, 0) is 23.1 Å². The molecular formula is C15H23NO3S. The number of sulfonamides is 1. The summed E-state index contributed by atoms with van der Waals surface area (Å²) in [6.07, 6.45) is 4.67. The molecule has 1 saturated carbocycles. The van der Waals surface area contributed by atoms with E-state index in [9.17, 15) is 13.5 Å². The van der Waals surface area contributed by atoms with Gasteiger partial charge in [0.2, 0.25) is 10.0 Å². The molecule has 2 N–H and O–H groups in total. The molecule has 1 aromatic carbocycles. The van der Waals surface area contributed by atoms with Gasteiger partial charge in [0.15, 0.2) is 0 Å². The number of aliphatic hydroxyl groups is 1. The quantitative estimate of drug-likeness (QED) is 0.876. The van der Waals surface area contributed by atoms with Crippen LogP contribution in [0.2, 0.25) is 0 Å². The van der Waals surface area contributed by atoms with E-state index in [-0.39, 0.29) is 17.0 Å². The van der Waals surface area contributed by atoms with Gasteiger partial charge in [0.1, 0.15) is 0 Å². The van der Waals surface area contributed by atoms with Crippen molar-refractivity contribution < 1.29 is 13.5 Å². The highest BCUT2D eigenvalue weighted by atomic mass is 32.2. The van der Waals surface area contributed by atoms with Crippen LogP contribution in [-0.4, -0.2) is 19.1 Å². The zero-order valence-electron chi connectivity index (χ0n) is 12.1. The second kappa shape index (κ2) is 5.84. The number of hydrogen-bond donors (Lipinski definition) is 2. The largest absolute Gasteiger partial charge is 0.392 e. The zero-order chi connectivity index (χ0) is 14.8. The van der Waals surface area contributed by atoms with E-state index in [4.69, 9.17) is 0 Å². The Labute approximate surface area is 121 Å². The summed E-state index contributed by atoms with van der Waals surface area (Å²) in [5.74, 6) is 0. The average molecular weight is 297 g/mol. The summed E-state index contributed by atoms with van der Waals surface area (Å²) in [5, 5.41) is 9.36. The topological polar surface area (TPSA) is 66.4 Å². The van der Waals surface area contributed by atoms with Crippen LogP contribution < -0.4 is 4.72 Å². The Bertz CT molecular complexity index is 575. The molecule has 0 bridgehead atoms. The van der Waals surface area contributed by atoms with Gasteiger partial charge in [-0.25, -0.2) is 13.1 Å². The van der Waals surface area contributed by atoms with E-state index in [0.29, 0.717) is 5.56 Å². The summed E-state index contributed by atoms with van der Waals surface area (Å²) in [6, 6.07) is 5.00. The molecule has 112 valence electrons. The second-order valence-electron chi connectivity index (χ2n) is 5.82. The Kier molecular flexibility index (Phi) is 4.52. The van der Waals surface area contributed by atoms with Crippen LogP contribution >= 0.6 is 0 Å². The summed E-state index contributed by atoms with van der Waals surface area (Å²) in [6.45, 7) is 3.81. The number of aliphatic hydroxyl groups excluding tert-OH is 1. The average Bonchev–Trinajstić information content (AvgIpc) is 2.83. The zero-order valence-corrected chi connectivity index (χ0v) is 13.0. The van der Waals surface area contributed by atoms with Gasteiger partial charge in [-0.05, 0) is 49.4 Å². The molecule has 0 spiro atoms. The molecular weight excluding hydrogens is 274 g/mol. The molecule has 1 aliphatic carbocycles. The third kappa shape index (κ3) is 3.22. The van der Waals surface area contributed by atoms with Crippen molar-refractivity contribution >= 4 is 10.0 Å². The van der Waals surface area contributed by atoms with Crippen molar-refractivity contribution in [2.45, 2.75) is 63.0 Å². The van der Waals surface area contributed by atoms with E-state index in [2.05, 4.69) is 4.72 Å². The normalized spacial score (nSPS) is 18.4. The predicted molar refractivity (Wildman–Crippen MR) is 78.9 cm³/mol. The SMILES string of the molecule is CCc1ccc(S(=O)(=O)NC2(C)CCCC2)cc1CO. The summed E-state index contributed by atoms with van der Waals surface area (Å²) in [5.41, 5.74) is 1.34. The molecule has 0 aromatic heterocycles. The molecule has 4 nitrogen and oxygen atoms in total. The van der Waals surface area contributed by atoms with Crippen molar-refractivity contribution in [3.8, 4) is 0 Å². The third-order valence-electron chi connectivity index (χ3n) is 4.13. The predicted octanol–water partition coefficient (Wildman–Crippen LogP) is 2.35. The van der Waals surface area contributed by atoms with E-state index < -0.39 is 10.0 Å². The number of benzene rings is 1. The van der Waals surface area contributed by atoms with Crippen LogP contribution in [0.4, 0.5) is 0 Å². The van der Waals surface area contributed by atoms with Gasteiger partial charge >= 0.3 is 0 Å². The van der Waals surface area contributed by atoms with E-state index in [1.807, 2.05) is 13.8 Å². The fraction of sp³-hybridized carbons (Fsp3) is 0.600. The van der Waals surface area contributed by atoms with Crippen LogP contribution in [0.25, 0.3) is 0 Å². The van der Waals surface area contributed by atoms with Gasteiger partial charge in [-0.1, -0.05) is 25.8 Å².